The zero-order valence-corrected chi connectivity index (χ0v) is 21.5. The van der Waals surface area contributed by atoms with Crippen LogP contribution in [-0.4, -0.2) is 19.5 Å². The summed E-state index contributed by atoms with van der Waals surface area (Å²) in [6, 6.07) is 20.8. The first-order valence-electron chi connectivity index (χ1n) is 13.0. The first-order chi connectivity index (χ1) is 17.7. The fourth-order valence-electron chi connectivity index (χ4n) is 7.48. The molecule has 0 radical (unpaired) electrons. The summed E-state index contributed by atoms with van der Waals surface area (Å²) in [6.45, 7) is 0. The second-order valence-corrected chi connectivity index (χ2v) is 13.4. The molecule has 4 saturated carbocycles. The lowest BCUT2D eigenvalue weighted by Crippen LogP contribution is -2.48. The highest BCUT2D eigenvalue weighted by Crippen LogP contribution is 2.60. The molecule has 0 spiro atoms. The summed E-state index contributed by atoms with van der Waals surface area (Å²) in [5.41, 5.74) is 9.66. The lowest BCUT2D eigenvalue weighted by Gasteiger charge is -2.57. The Hall–Kier alpha value is -3.16. The molecule has 192 valence electrons. The number of hydrogen-bond acceptors (Lipinski definition) is 5. The van der Waals surface area contributed by atoms with Crippen molar-refractivity contribution in [1.29, 1.82) is 0 Å². The van der Waals surface area contributed by atoms with Crippen molar-refractivity contribution in [2.45, 2.75) is 54.2 Å². The van der Waals surface area contributed by atoms with E-state index < -0.39 is 21.2 Å². The maximum atomic E-state index is 13.3. The highest BCUT2D eigenvalue weighted by molar-refractivity contribution is 7.91. The number of nitrogens with one attached hydrogen (secondary N) is 1. The van der Waals surface area contributed by atoms with E-state index in [0.29, 0.717) is 16.9 Å². The van der Waals surface area contributed by atoms with Crippen LogP contribution in [0.2, 0.25) is 0 Å². The van der Waals surface area contributed by atoms with Crippen molar-refractivity contribution < 1.29 is 18.3 Å². The van der Waals surface area contributed by atoms with Crippen LogP contribution in [0.5, 0.6) is 0 Å². The molecule has 1 unspecified atom stereocenters. The fourth-order valence-corrected chi connectivity index (χ4v) is 8.80. The third kappa shape index (κ3) is 4.34. The van der Waals surface area contributed by atoms with Gasteiger partial charge in [0, 0.05) is 5.69 Å². The molecule has 37 heavy (non-hydrogen) atoms. The number of carboxylic acids is 1. The van der Waals surface area contributed by atoms with Crippen molar-refractivity contribution in [1.82, 2.24) is 0 Å². The maximum absolute atomic E-state index is 13.3. The Morgan fingerprint density at radius 1 is 0.865 bits per heavy atom. The van der Waals surface area contributed by atoms with Crippen molar-refractivity contribution in [3.63, 3.8) is 0 Å². The second kappa shape index (κ2) is 8.99. The molecule has 0 aliphatic heterocycles. The van der Waals surface area contributed by atoms with Gasteiger partial charge < -0.3 is 16.2 Å². The highest BCUT2D eigenvalue weighted by Gasteiger charge is 2.51. The molecule has 6 nitrogen and oxygen atoms in total. The van der Waals surface area contributed by atoms with E-state index in [-0.39, 0.29) is 15.9 Å². The van der Waals surface area contributed by atoms with Gasteiger partial charge in [-0.2, -0.15) is 0 Å². The molecule has 1 atom stereocenters. The number of aromatic carboxylic acids is 1. The number of benzene rings is 3. The molecule has 4 N–H and O–H groups in total. The van der Waals surface area contributed by atoms with Gasteiger partial charge in [-0.05, 0) is 109 Å². The van der Waals surface area contributed by atoms with E-state index in [4.69, 9.17) is 5.73 Å². The van der Waals surface area contributed by atoms with Crippen LogP contribution in [0.3, 0.4) is 0 Å². The largest absolute Gasteiger partial charge is 0.478 e. The van der Waals surface area contributed by atoms with Gasteiger partial charge in [0.15, 0.2) is 9.84 Å². The van der Waals surface area contributed by atoms with Gasteiger partial charge in [0.05, 0.1) is 16.1 Å². The fraction of sp³-hybridized carbons (Fsp3) is 0.367. The monoisotopic (exact) mass is 516 g/mol. The van der Waals surface area contributed by atoms with Gasteiger partial charge >= 0.3 is 5.97 Å². The van der Waals surface area contributed by atoms with Crippen LogP contribution >= 0.6 is 0 Å². The van der Waals surface area contributed by atoms with E-state index in [1.807, 2.05) is 12.1 Å². The zero-order chi connectivity index (χ0) is 25.8. The van der Waals surface area contributed by atoms with Crippen molar-refractivity contribution >= 4 is 27.2 Å². The van der Waals surface area contributed by atoms with Crippen molar-refractivity contribution in [2.24, 2.45) is 23.5 Å². The lowest BCUT2D eigenvalue weighted by molar-refractivity contribution is -0.00519. The van der Waals surface area contributed by atoms with E-state index in [9.17, 15) is 18.3 Å². The summed E-state index contributed by atoms with van der Waals surface area (Å²) < 4.78 is 26.7. The Morgan fingerprint density at radius 2 is 1.43 bits per heavy atom. The van der Waals surface area contributed by atoms with Crippen LogP contribution < -0.4 is 11.1 Å². The maximum Gasteiger partial charge on any atom is 0.337 e. The molecule has 0 amide bonds. The Kier molecular flexibility index (Phi) is 5.88. The second-order valence-electron chi connectivity index (χ2n) is 11.3. The summed E-state index contributed by atoms with van der Waals surface area (Å²) in [4.78, 5) is 11.6. The molecule has 0 saturated heterocycles. The van der Waals surface area contributed by atoms with Crippen LogP contribution in [0.4, 0.5) is 11.4 Å². The van der Waals surface area contributed by atoms with Crippen molar-refractivity contribution in [2.75, 3.05) is 5.32 Å². The molecule has 0 heterocycles. The number of rotatable bonds is 7. The SMILES string of the molecule is NC(c1ccc(C23CC4CC(CC(C4)C2)C3)cc1)S(=O)(=O)c1ccc(Nc2ccccc2C(=O)O)cc1. The van der Waals surface area contributed by atoms with Crippen LogP contribution in [0, 0.1) is 17.8 Å². The van der Waals surface area contributed by atoms with Gasteiger partial charge in [0.1, 0.15) is 5.37 Å². The predicted octanol–water partition coefficient (Wildman–Crippen LogP) is 6.03. The molecule has 3 aromatic rings. The minimum Gasteiger partial charge on any atom is -0.478 e. The Labute approximate surface area is 217 Å². The predicted molar refractivity (Wildman–Crippen MR) is 144 cm³/mol. The van der Waals surface area contributed by atoms with Gasteiger partial charge in [0.2, 0.25) is 0 Å². The molecule has 4 fully saturated rings. The third-order valence-electron chi connectivity index (χ3n) is 8.84. The van der Waals surface area contributed by atoms with Crippen LogP contribution in [0.25, 0.3) is 0 Å². The number of carbonyl (C=O) groups is 1. The summed E-state index contributed by atoms with van der Waals surface area (Å²) in [5, 5.41) is 11.3. The van der Waals surface area contributed by atoms with E-state index in [1.54, 1.807) is 30.3 Å². The molecule has 4 aliphatic carbocycles. The topological polar surface area (TPSA) is 109 Å². The summed E-state index contributed by atoms with van der Waals surface area (Å²) in [5.74, 6) is 1.51. The zero-order valence-electron chi connectivity index (χ0n) is 20.6. The molecule has 0 aromatic heterocycles. The minimum absolute atomic E-state index is 0.127. The van der Waals surface area contributed by atoms with Crippen molar-refractivity contribution in [3.05, 3.63) is 89.5 Å². The van der Waals surface area contributed by atoms with Gasteiger partial charge in [0.25, 0.3) is 0 Å². The smallest absolute Gasteiger partial charge is 0.337 e. The van der Waals surface area contributed by atoms with Crippen LogP contribution in [0.15, 0.2) is 77.7 Å². The van der Waals surface area contributed by atoms with Crippen LogP contribution in [-0.2, 0) is 15.3 Å². The van der Waals surface area contributed by atoms with Crippen molar-refractivity contribution in [3.8, 4) is 0 Å². The average Bonchev–Trinajstić information content (AvgIpc) is 2.88. The average molecular weight is 517 g/mol. The number of carboxylic acid groups (broad SMARTS) is 1. The van der Waals surface area contributed by atoms with Gasteiger partial charge in [-0.3, -0.25) is 0 Å². The van der Waals surface area contributed by atoms with E-state index in [0.717, 1.165) is 17.8 Å². The molecular formula is C30H32N2O4S. The quantitative estimate of drug-likeness (QED) is 0.354. The van der Waals surface area contributed by atoms with E-state index >= 15 is 0 Å². The Balaban J connectivity index is 1.19. The molecular weight excluding hydrogens is 484 g/mol. The minimum atomic E-state index is -3.81. The molecule has 7 heteroatoms. The molecule has 4 aliphatic rings. The van der Waals surface area contributed by atoms with Crippen LogP contribution in [0.1, 0.15) is 65.4 Å². The Morgan fingerprint density at radius 3 is 2.00 bits per heavy atom. The summed E-state index contributed by atoms with van der Waals surface area (Å²) in [7, 11) is -3.81. The van der Waals surface area contributed by atoms with Gasteiger partial charge in [-0.1, -0.05) is 36.4 Å². The lowest BCUT2D eigenvalue weighted by atomic mass is 9.48. The first kappa shape index (κ1) is 24.2. The number of anilines is 2. The van der Waals surface area contributed by atoms with E-state index in [1.165, 1.54) is 62.3 Å². The third-order valence-corrected chi connectivity index (χ3v) is 10.7. The number of nitrogens with two attached hydrogens (primary N) is 1. The van der Waals surface area contributed by atoms with Gasteiger partial charge in [-0.15, -0.1) is 0 Å². The summed E-state index contributed by atoms with van der Waals surface area (Å²) >= 11 is 0. The normalized spacial score (nSPS) is 27.1. The van der Waals surface area contributed by atoms with E-state index in [2.05, 4.69) is 17.4 Å². The molecule has 3 aromatic carbocycles. The number of sulfone groups is 1. The van der Waals surface area contributed by atoms with Gasteiger partial charge in [-0.25, -0.2) is 13.2 Å². The number of hydrogen-bond donors (Lipinski definition) is 3. The first-order valence-corrected chi connectivity index (χ1v) is 14.6. The molecule has 7 rings (SSSR count). The number of para-hydroxylation sites is 1. The molecule has 4 bridgehead atoms. The highest BCUT2D eigenvalue weighted by atomic mass is 32.2. The standard InChI is InChI=1S/C30H32N2O4S/c31-28(22-5-7-23(8-6-22)30-16-19-13-20(17-30)15-21(14-19)18-30)37(35,36)25-11-9-24(10-12-25)32-27-4-2-1-3-26(27)29(33)34/h1-12,19-21,28,32H,13-18,31H2,(H,33,34). The Bertz CT molecular complexity index is 1400. The summed E-state index contributed by atoms with van der Waals surface area (Å²) in [6.07, 6.45) is 7.96.